The van der Waals surface area contributed by atoms with Gasteiger partial charge >= 0.3 is 0 Å². The SMILES string of the molecule is Br.C[CH](C)[AlH2]. The van der Waals surface area contributed by atoms with Crippen LogP contribution >= 0.6 is 17.0 Å². The second kappa shape index (κ2) is 5.01. The van der Waals surface area contributed by atoms with E-state index in [0.717, 1.165) is 4.78 Å². The zero-order chi connectivity index (χ0) is 3.58. The first kappa shape index (κ1) is 9.38. The van der Waals surface area contributed by atoms with E-state index in [1.165, 1.54) is 16.3 Å². The van der Waals surface area contributed by atoms with Gasteiger partial charge in [-0.1, -0.05) is 18.6 Å². The zero-order valence-electron chi connectivity index (χ0n) is 3.99. The summed E-state index contributed by atoms with van der Waals surface area (Å²) in [5, 5.41) is 0. The predicted molar refractivity (Wildman–Crippen MR) is 34.0 cm³/mol. The van der Waals surface area contributed by atoms with Gasteiger partial charge in [-0.3, -0.25) is 0 Å². The molecule has 0 saturated carbocycles. The Morgan fingerprint density at radius 3 is 1.40 bits per heavy atom. The highest BCUT2D eigenvalue weighted by atomic mass is 79.9. The fraction of sp³-hybridized carbons (Fsp3) is 1.00. The zero-order valence-corrected chi connectivity index (χ0v) is 7.70. The number of rotatable bonds is 0. The van der Waals surface area contributed by atoms with Gasteiger partial charge < -0.3 is 0 Å². The van der Waals surface area contributed by atoms with Crippen LogP contribution in [-0.4, -0.2) is 16.3 Å². The average Bonchev–Trinajstić information content (AvgIpc) is 0.811. The summed E-state index contributed by atoms with van der Waals surface area (Å²) >= 11 is 1.35. The molecule has 0 saturated heterocycles. The third-order valence-corrected chi connectivity index (χ3v) is 0. The maximum atomic E-state index is 2.23. The van der Waals surface area contributed by atoms with Gasteiger partial charge in [-0.15, -0.1) is 17.0 Å². The number of hydrogen-bond donors (Lipinski definition) is 0. The molecular weight excluding hydrogens is 143 g/mol. The molecule has 0 spiro atoms. The van der Waals surface area contributed by atoms with E-state index in [1.807, 2.05) is 0 Å². The summed E-state index contributed by atoms with van der Waals surface area (Å²) in [5.74, 6) is 0. The van der Waals surface area contributed by atoms with Gasteiger partial charge in [-0.05, 0) is 0 Å². The molecule has 0 aliphatic heterocycles. The largest absolute Gasteiger partial charge is 0.215 e. The van der Waals surface area contributed by atoms with Crippen LogP contribution in [0.15, 0.2) is 0 Å². The Morgan fingerprint density at radius 2 is 1.40 bits per heavy atom. The quantitative estimate of drug-likeness (QED) is 0.456. The molecule has 0 bridgehead atoms. The summed E-state index contributed by atoms with van der Waals surface area (Å²) in [4.78, 5) is 0. The van der Waals surface area contributed by atoms with Crippen molar-refractivity contribution in [2.24, 2.45) is 0 Å². The van der Waals surface area contributed by atoms with Crippen molar-refractivity contribution < 1.29 is 0 Å². The van der Waals surface area contributed by atoms with E-state index in [4.69, 9.17) is 0 Å². The Labute approximate surface area is 52.1 Å². The van der Waals surface area contributed by atoms with Crippen molar-refractivity contribution in [3.05, 3.63) is 0 Å². The highest BCUT2D eigenvalue weighted by Gasteiger charge is 1.70. The van der Waals surface area contributed by atoms with E-state index in [9.17, 15) is 0 Å². The Bertz CT molecular complexity index is 11.6. The Hall–Kier alpha value is 1.01. The molecular formula is C3H10AlBr. The minimum atomic E-state index is 0. The van der Waals surface area contributed by atoms with Gasteiger partial charge in [-0.2, -0.15) is 0 Å². The minimum absolute atomic E-state index is 0. The molecule has 0 aromatic rings. The second-order valence-electron chi connectivity index (χ2n) is 1.73. The standard InChI is InChI=1S/C3H7.Al.BrH.2H/c1-3-2;;;;/h3H,1-2H3;;1H;;. The van der Waals surface area contributed by atoms with Gasteiger partial charge in [0.1, 0.15) is 0 Å². The Balaban J connectivity index is 0. The van der Waals surface area contributed by atoms with Gasteiger partial charge in [0.2, 0.25) is 16.3 Å². The fourth-order valence-corrected chi connectivity index (χ4v) is 0. The molecule has 0 amide bonds. The molecule has 0 aromatic heterocycles. The summed E-state index contributed by atoms with van der Waals surface area (Å²) in [6.45, 7) is 4.46. The third kappa shape index (κ3) is 44.4. The van der Waals surface area contributed by atoms with Crippen molar-refractivity contribution in [2.45, 2.75) is 18.6 Å². The van der Waals surface area contributed by atoms with E-state index < -0.39 is 0 Å². The molecule has 0 fully saturated rings. The van der Waals surface area contributed by atoms with Crippen LogP contribution < -0.4 is 0 Å². The molecule has 32 valence electrons. The minimum Gasteiger partial charge on any atom is -0.114 e. The summed E-state index contributed by atoms with van der Waals surface area (Å²) in [7, 11) is 0. The van der Waals surface area contributed by atoms with E-state index >= 15 is 0 Å². The molecule has 0 aliphatic rings. The summed E-state index contributed by atoms with van der Waals surface area (Å²) in [5.41, 5.74) is 0. The van der Waals surface area contributed by atoms with Crippen LogP contribution in [-0.2, 0) is 0 Å². The van der Waals surface area contributed by atoms with Crippen molar-refractivity contribution >= 4 is 33.3 Å². The summed E-state index contributed by atoms with van der Waals surface area (Å²) < 4.78 is 0.972. The molecule has 0 heterocycles. The Kier molecular flexibility index (Phi) is 9.41. The first-order valence-corrected chi connectivity index (χ1v) is 2.89. The lowest BCUT2D eigenvalue weighted by atomic mass is 10.6. The summed E-state index contributed by atoms with van der Waals surface area (Å²) in [6, 6.07) is 0. The molecule has 0 unspecified atom stereocenters. The van der Waals surface area contributed by atoms with Gasteiger partial charge in [-0.25, -0.2) is 0 Å². The van der Waals surface area contributed by atoms with Crippen molar-refractivity contribution in [1.82, 2.24) is 0 Å². The van der Waals surface area contributed by atoms with E-state index in [0.29, 0.717) is 0 Å². The molecule has 5 heavy (non-hydrogen) atoms. The van der Waals surface area contributed by atoms with Crippen LogP contribution in [0.3, 0.4) is 0 Å². The maximum absolute atomic E-state index is 2.23. The van der Waals surface area contributed by atoms with Crippen LogP contribution in [0.1, 0.15) is 13.8 Å². The van der Waals surface area contributed by atoms with E-state index in [-0.39, 0.29) is 17.0 Å². The van der Waals surface area contributed by atoms with Gasteiger partial charge in [0.05, 0.1) is 0 Å². The molecule has 0 radical (unpaired) electrons. The number of hydrogen-bond acceptors (Lipinski definition) is 0. The van der Waals surface area contributed by atoms with Crippen LogP contribution in [0.25, 0.3) is 0 Å². The van der Waals surface area contributed by atoms with Crippen molar-refractivity contribution in [1.29, 1.82) is 0 Å². The second-order valence-corrected chi connectivity index (χ2v) is 4.04. The van der Waals surface area contributed by atoms with Crippen molar-refractivity contribution in [3.63, 3.8) is 0 Å². The molecule has 0 aliphatic carbocycles. The van der Waals surface area contributed by atoms with E-state index in [2.05, 4.69) is 13.8 Å². The predicted octanol–water partition coefficient (Wildman–Crippen LogP) is 1.03. The highest BCUT2D eigenvalue weighted by Crippen LogP contribution is 1.84. The number of halogens is 1. The molecule has 2 heteroatoms. The van der Waals surface area contributed by atoms with Crippen LogP contribution in [0.4, 0.5) is 0 Å². The lowest BCUT2D eigenvalue weighted by Gasteiger charge is -1.77. The maximum Gasteiger partial charge on any atom is 0.215 e. The van der Waals surface area contributed by atoms with Gasteiger partial charge in [0.15, 0.2) is 0 Å². The molecule has 0 nitrogen and oxygen atoms in total. The van der Waals surface area contributed by atoms with Crippen molar-refractivity contribution in [3.8, 4) is 0 Å². The smallest absolute Gasteiger partial charge is 0.114 e. The van der Waals surface area contributed by atoms with E-state index in [1.54, 1.807) is 0 Å². The first-order chi connectivity index (χ1) is 1.73. The normalized spacial score (nSPS) is 7.00. The molecule has 0 N–H and O–H groups in total. The average molecular weight is 153 g/mol. The highest BCUT2D eigenvalue weighted by molar-refractivity contribution is 8.93. The lowest BCUT2D eigenvalue weighted by Crippen LogP contribution is -1.67. The topological polar surface area (TPSA) is 0 Å². The first-order valence-electron chi connectivity index (χ1n) is 1.73. The van der Waals surface area contributed by atoms with Gasteiger partial charge in [0.25, 0.3) is 0 Å². The summed E-state index contributed by atoms with van der Waals surface area (Å²) in [6.07, 6.45) is 0. The Morgan fingerprint density at radius 1 is 1.40 bits per heavy atom. The lowest BCUT2D eigenvalue weighted by molar-refractivity contribution is 1.08. The molecule has 0 rings (SSSR count). The van der Waals surface area contributed by atoms with Crippen LogP contribution in [0, 0.1) is 0 Å². The van der Waals surface area contributed by atoms with Crippen LogP contribution in [0.5, 0.6) is 0 Å². The monoisotopic (exact) mass is 152 g/mol. The van der Waals surface area contributed by atoms with Gasteiger partial charge in [0, 0.05) is 0 Å². The fourth-order valence-electron chi connectivity index (χ4n) is 0. The molecule has 0 aromatic carbocycles. The molecule has 0 atom stereocenters. The third-order valence-electron chi connectivity index (χ3n) is 0. The van der Waals surface area contributed by atoms with Crippen molar-refractivity contribution in [2.75, 3.05) is 0 Å². The van der Waals surface area contributed by atoms with Crippen LogP contribution in [0.2, 0.25) is 4.78 Å².